The van der Waals surface area contributed by atoms with Crippen LogP contribution < -0.4 is 5.32 Å². The maximum Gasteiger partial charge on any atom is 0.410 e. The first-order chi connectivity index (χ1) is 11.4. The molecule has 7 heteroatoms. The maximum atomic E-state index is 12.3. The highest BCUT2D eigenvalue weighted by molar-refractivity contribution is 5.68. The van der Waals surface area contributed by atoms with Crippen LogP contribution in [0.5, 0.6) is 0 Å². The van der Waals surface area contributed by atoms with Gasteiger partial charge in [0.15, 0.2) is 0 Å². The Kier molecular flexibility index (Phi) is 4.71. The molecule has 1 aromatic rings. The van der Waals surface area contributed by atoms with Crippen molar-refractivity contribution >= 4 is 11.9 Å². The molecule has 7 nitrogen and oxygen atoms in total. The Hall–Kier alpha value is -1.76. The summed E-state index contributed by atoms with van der Waals surface area (Å²) in [6.45, 7) is 8.10. The third-order valence-corrected chi connectivity index (χ3v) is 4.67. The maximum absolute atomic E-state index is 12.3. The molecule has 1 fully saturated rings. The van der Waals surface area contributed by atoms with E-state index in [9.17, 15) is 4.79 Å². The average Bonchev–Trinajstić information content (AvgIpc) is 2.94. The van der Waals surface area contributed by atoms with Crippen molar-refractivity contribution in [3.8, 4) is 0 Å². The summed E-state index contributed by atoms with van der Waals surface area (Å²) in [6, 6.07) is 0.322. The van der Waals surface area contributed by atoms with Gasteiger partial charge in [-0.2, -0.15) is 5.10 Å². The molecule has 1 amide bonds. The first-order valence-corrected chi connectivity index (χ1v) is 8.78. The van der Waals surface area contributed by atoms with Crippen LogP contribution in [-0.2, 0) is 11.2 Å². The summed E-state index contributed by atoms with van der Waals surface area (Å²) in [5.74, 6) is 1.42. The van der Waals surface area contributed by atoms with Gasteiger partial charge in [-0.25, -0.2) is 9.48 Å². The SMILES string of the molecule is CC(C)(C)OC(=O)N1CCC2C(CNc3c(CCCO)cnn32)C1. The topological polar surface area (TPSA) is 79.6 Å². The molecule has 0 aromatic carbocycles. The van der Waals surface area contributed by atoms with Crippen molar-refractivity contribution in [2.24, 2.45) is 5.92 Å². The molecule has 2 unspecified atom stereocenters. The van der Waals surface area contributed by atoms with E-state index in [0.29, 0.717) is 25.0 Å². The first kappa shape index (κ1) is 17.1. The molecule has 3 heterocycles. The summed E-state index contributed by atoms with van der Waals surface area (Å²) in [4.78, 5) is 14.1. The molecule has 1 aromatic heterocycles. The lowest BCUT2D eigenvalue weighted by molar-refractivity contribution is 0.0107. The Morgan fingerprint density at radius 1 is 1.50 bits per heavy atom. The number of nitrogens with one attached hydrogen (secondary N) is 1. The third kappa shape index (κ3) is 3.50. The zero-order valence-electron chi connectivity index (χ0n) is 14.8. The smallest absolute Gasteiger partial charge is 0.410 e. The molecule has 2 aliphatic heterocycles. The second-order valence-corrected chi connectivity index (χ2v) is 7.71. The number of piperidine rings is 1. The summed E-state index contributed by atoms with van der Waals surface area (Å²) in [7, 11) is 0. The molecule has 0 spiro atoms. The van der Waals surface area contributed by atoms with E-state index >= 15 is 0 Å². The number of anilines is 1. The van der Waals surface area contributed by atoms with Gasteiger partial charge in [-0.15, -0.1) is 0 Å². The van der Waals surface area contributed by atoms with Gasteiger partial charge in [0.1, 0.15) is 11.4 Å². The van der Waals surface area contributed by atoms with Gasteiger partial charge >= 0.3 is 6.09 Å². The molecule has 1 saturated heterocycles. The Bertz CT molecular complexity index is 593. The molecule has 3 rings (SSSR count). The van der Waals surface area contributed by atoms with E-state index in [1.54, 1.807) is 0 Å². The van der Waals surface area contributed by atoms with Gasteiger partial charge in [0.2, 0.25) is 0 Å². The number of carbonyl (C=O) groups is 1. The predicted octanol–water partition coefficient (Wildman–Crippen LogP) is 2.03. The largest absolute Gasteiger partial charge is 0.444 e. The Balaban J connectivity index is 1.67. The van der Waals surface area contributed by atoms with Crippen LogP contribution in [0, 0.1) is 5.92 Å². The number of aliphatic hydroxyl groups excluding tert-OH is 1. The van der Waals surface area contributed by atoms with E-state index in [2.05, 4.69) is 15.1 Å². The predicted molar refractivity (Wildman–Crippen MR) is 91.1 cm³/mol. The fourth-order valence-electron chi connectivity index (χ4n) is 3.56. The highest BCUT2D eigenvalue weighted by Crippen LogP contribution is 2.36. The normalized spacial score (nSPS) is 23.2. The van der Waals surface area contributed by atoms with E-state index in [1.165, 1.54) is 0 Å². The van der Waals surface area contributed by atoms with E-state index in [-0.39, 0.29) is 12.7 Å². The number of rotatable bonds is 3. The van der Waals surface area contributed by atoms with E-state index in [1.807, 2.05) is 31.9 Å². The van der Waals surface area contributed by atoms with Crippen molar-refractivity contribution in [3.05, 3.63) is 11.8 Å². The van der Waals surface area contributed by atoms with Crippen LogP contribution in [0.15, 0.2) is 6.20 Å². The van der Waals surface area contributed by atoms with Crippen LogP contribution in [0.3, 0.4) is 0 Å². The van der Waals surface area contributed by atoms with Crippen molar-refractivity contribution < 1.29 is 14.6 Å². The standard InChI is InChI=1S/C17H28N4O3/c1-17(2,3)24-16(23)20-7-6-14-13(11-20)9-18-15-12(5-4-8-22)10-19-21(14)15/h10,13-14,18,22H,4-9,11H2,1-3H3. The van der Waals surface area contributed by atoms with E-state index in [4.69, 9.17) is 9.84 Å². The van der Waals surface area contributed by atoms with Crippen LogP contribution in [0.25, 0.3) is 0 Å². The fraction of sp³-hybridized carbons (Fsp3) is 0.765. The molecule has 2 N–H and O–H groups in total. The molecule has 0 aliphatic carbocycles. The minimum Gasteiger partial charge on any atom is -0.444 e. The molecular weight excluding hydrogens is 308 g/mol. The van der Waals surface area contributed by atoms with Crippen LogP contribution in [0.1, 0.15) is 45.2 Å². The molecular formula is C17H28N4O3. The van der Waals surface area contributed by atoms with Crippen LogP contribution in [0.2, 0.25) is 0 Å². The number of fused-ring (bicyclic) bond motifs is 3. The van der Waals surface area contributed by atoms with Crippen LogP contribution in [-0.4, -0.2) is 57.7 Å². The van der Waals surface area contributed by atoms with Crippen molar-refractivity contribution in [2.75, 3.05) is 31.6 Å². The highest BCUT2D eigenvalue weighted by Gasteiger charge is 2.38. The number of aryl methyl sites for hydroxylation is 1. The number of carbonyl (C=O) groups excluding carboxylic acids is 1. The Labute approximate surface area is 143 Å². The number of aromatic nitrogens is 2. The monoisotopic (exact) mass is 336 g/mol. The lowest BCUT2D eigenvalue weighted by atomic mass is 9.90. The number of nitrogens with zero attached hydrogens (tertiary/aromatic N) is 3. The minimum absolute atomic E-state index is 0.196. The number of amides is 1. The second kappa shape index (κ2) is 6.63. The average molecular weight is 336 g/mol. The number of aliphatic hydroxyl groups is 1. The van der Waals surface area contributed by atoms with Crippen LogP contribution in [0.4, 0.5) is 10.6 Å². The molecule has 2 aliphatic rings. The summed E-state index contributed by atoms with van der Waals surface area (Å²) >= 11 is 0. The highest BCUT2D eigenvalue weighted by atomic mass is 16.6. The number of hydrogen-bond donors (Lipinski definition) is 2. The molecule has 134 valence electrons. The van der Waals surface area contributed by atoms with E-state index in [0.717, 1.165) is 37.2 Å². The van der Waals surface area contributed by atoms with Gasteiger partial charge in [0.25, 0.3) is 0 Å². The fourth-order valence-corrected chi connectivity index (χ4v) is 3.56. The lowest BCUT2D eigenvalue weighted by Crippen LogP contribution is -2.50. The van der Waals surface area contributed by atoms with Crippen molar-refractivity contribution in [2.45, 2.75) is 51.7 Å². The molecule has 24 heavy (non-hydrogen) atoms. The first-order valence-electron chi connectivity index (χ1n) is 8.78. The lowest BCUT2D eigenvalue weighted by Gasteiger charge is -2.42. The van der Waals surface area contributed by atoms with Gasteiger partial charge in [0.05, 0.1) is 12.2 Å². The summed E-state index contributed by atoms with van der Waals surface area (Å²) in [6.07, 6.45) is 4.15. The number of ether oxygens (including phenoxy) is 1. The van der Waals surface area contributed by atoms with Gasteiger partial charge in [-0.05, 0) is 40.0 Å². The summed E-state index contributed by atoms with van der Waals surface area (Å²) in [5, 5.41) is 17.0. The van der Waals surface area contributed by atoms with Crippen molar-refractivity contribution in [1.29, 1.82) is 0 Å². The molecule has 0 bridgehead atoms. The van der Waals surface area contributed by atoms with Crippen LogP contribution >= 0.6 is 0 Å². The Morgan fingerprint density at radius 3 is 3.00 bits per heavy atom. The molecule has 0 saturated carbocycles. The Morgan fingerprint density at radius 2 is 2.29 bits per heavy atom. The van der Waals surface area contributed by atoms with E-state index < -0.39 is 5.60 Å². The van der Waals surface area contributed by atoms with Gasteiger partial charge in [-0.3, -0.25) is 0 Å². The number of hydrogen-bond acceptors (Lipinski definition) is 5. The zero-order valence-corrected chi connectivity index (χ0v) is 14.8. The molecule has 2 atom stereocenters. The van der Waals surface area contributed by atoms with Gasteiger partial charge < -0.3 is 20.1 Å². The van der Waals surface area contributed by atoms with Crippen molar-refractivity contribution in [1.82, 2.24) is 14.7 Å². The summed E-state index contributed by atoms with van der Waals surface area (Å²) in [5.41, 5.74) is 0.701. The van der Waals surface area contributed by atoms with Gasteiger partial charge in [-0.1, -0.05) is 0 Å². The molecule has 0 radical (unpaired) electrons. The third-order valence-electron chi connectivity index (χ3n) is 4.67. The van der Waals surface area contributed by atoms with Gasteiger partial charge in [0, 0.05) is 37.7 Å². The number of likely N-dealkylation sites (tertiary alicyclic amines) is 1. The second-order valence-electron chi connectivity index (χ2n) is 7.71. The minimum atomic E-state index is -0.463. The quantitative estimate of drug-likeness (QED) is 0.883. The van der Waals surface area contributed by atoms with Crippen molar-refractivity contribution in [3.63, 3.8) is 0 Å². The summed E-state index contributed by atoms with van der Waals surface area (Å²) < 4.78 is 7.57. The zero-order chi connectivity index (χ0) is 17.3.